The standard InChI is InChI=1S/C21H18ClN3O4S/c22-16-6-9-17(10-7-16)28-12-19(26)23-21(30)25-24-20(27)13-29-18-8-5-14-3-1-2-4-15(14)11-18/h1-11H,12-13H2,(H,24,27)(H2,23,25,26,30). The Balaban J connectivity index is 1.35. The second-order valence-electron chi connectivity index (χ2n) is 6.09. The molecule has 0 spiro atoms. The van der Waals surface area contributed by atoms with Crippen LogP contribution in [0.1, 0.15) is 0 Å². The van der Waals surface area contributed by atoms with E-state index in [4.69, 9.17) is 33.3 Å². The van der Waals surface area contributed by atoms with Crippen molar-refractivity contribution >= 4 is 51.5 Å². The monoisotopic (exact) mass is 443 g/mol. The molecule has 0 aliphatic heterocycles. The average Bonchev–Trinajstić information content (AvgIpc) is 2.75. The highest BCUT2D eigenvalue weighted by Gasteiger charge is 2.08. The number of halogens is 1. The lowest BCUT2D eigenvalue weighted by Gasteiger charge is -2.12. The molecule has 3 aromatic rings. The van der Waals surface area contributed by atoms with Gasteiger partial charge in [-0.25, -0.2) is 0 Å². The maximum Gasteiger partial charge on any atom is 0.276 e. The van der Waals surface area contributed by atoms with Crippen molar-refractivity contribution in [2.45, 2.75) is 0 Å². The molecule has 0 saturated heterocycles. The Labute approximate surface area is 183 Å². The Hall–Kier alpha value is -3.36. The first-order valence-corrected chi connectivity index (χ1v) is 9.67. The predicted molar refractivity (Wildman–Crippen MR) is 118 cm³/mol. The van der Waals surface area contributed by atoms with E-state index in [9.17, 15) is 9.59 Å². The second kappa shape index (κ2) is 10.4. The molecule has 0 aromatic heterocycles. The number of thiocarbonyl (C=S) groups is 1. The van der Waals surface area contributed by atoms with E-state index in [-0.39, 0.29) is 18.3 Å². The molecule has 0 heterocycles. The number of fused-ring (bicyclic) bond motifs is 1. The zero-order valence-corrected chi connectivity index (χ0v) is 17.3. The summed E-state index contributed by atoms with van der Waals surface area (Å²) in [6.45, 7) is -0.468. The number of rotatable bonds is 6. The molecule has 0 aliphatic rings. The molecule has 2 amide bonds. The van der Waals surface area contributed by atoms with Crippen LogP contribution in [0.15, 0.2) is 66.7 Å². The van der Waals surface area contributed by atoms with Crippen molar-refractivity contribution in [1.82, 2.24) is 16.2 Å². The molecule has 0 saturated carbocycles. The second-order valence-corrected chi connectivity index (χ2v) is 6.94. The summed E-state index contributed by atoms with van der Waals surface area (Å²) < 4.78 is 10.8. The first kappa shape index (κ1) is 21.4. The van der Waals surface area contributed by atoms with Gasteiger partial charge in [0.15, 0.2) is 18.3 Å². The maximum atomic E-state index is 11.9. The van der Waals surface area contributed by atoms with Gasteiger partial charge in [0, 0.05) is 5.02 Å². The van der Waals surface area contributed by atoms with Gasteiger partial charge in [0.2, 0.25) is 0 Å². The molecule has 3 rings (SSSR count). The predicted octanol–water partition coefficient (Wildman–Crippen LogP) is 2.97. The molecular weight excluding hydrogens is 426 g/mol. The molecule has 0 atom stereocenters. The summed E-state index contributed by atoms with van der Waals surface area (Å²) in [6, 6.07) is 20.0. The normalized spacial score (nSPS) is 10.2. The van der Waals surface area contributed by atoms with Crippen LogP contribution in [0.2, 0.25) is 5.02 Å². The van der Waals surface area contributed by atoms with Crippen LogP contribution in [-0.4, -0.2) is 30.1 Å². The lowest BCUT2D eigenvalue weighted by atomic mass is 10.1. The van der Waals surface area contributed by atoms with Crippen LogP contribution in [0, 0.1) is 0 Å². The summed E-state index contributed by atoms with van der Waals surface area (Å²) >= 11 is 10.7. The minimum atomic E-state index is -0.482. The van der Waals surface area contributed by atoms with Gasteiger partial charge < -0.3 is 9.47 Å². The van der Waals surface area contributed by atoms with E-state index in [1.165, 1.54) is 0 Å². The van der Waals surface area contributed by atoms with Gasteiger partial charge in [-0.3, -0.25) is 25.8 Å². The first-order valence-electron chi connectivity index (χ1n) is 8.88. The van der Waals surface area contributed by atoms with Gasteiger partial charge in [-0.1, -0.05) is 41.9 Å². The Kier molecular flexibility index (Phi) is 7.42. The van der Waals surface area contributed by atoms with Crippen molar-refractivity contribution in [2.75, 3.05) is 13.2 Å². The molecule has 7 nitrogen and oxygen atoms in total. The van der Waals surface area contributed by atoms with Crippen LogP contribution < -0.4 is 25.6 Å². The summed E-state index contributed by atoms with van der Waals surface area (Å²) in [6.07, 6.45) is 0. The molecule has 9 heteroatoms. The van der Waals surface area contributed by atoms with Gasteiger partial charge in [-0.15, -0.1) is 0 Å². The van der Waals surface area contributed by atoms with Crippen molar-refractivity contribution in [2.24, 2.45) is 0 Å². The SMILES string of the molecule is O=C(COc1ccc2ccccc2c1)NNC(=S)NC(=O)COc1ccc(Cl)cc1. The van der Waals surface area contributed by atoms with Crippen molar-refractivity contribution in [1.29, 1.82) is 0 Å². The number of nitrogens with one attached hydrogen (secondary N) is 3. The summed E-state index contributed by atoms with van der Waals surface area (Å²) in [5.74, 6) is 0.118. The van der Waals surface area contributed by atoms with Crippen molar-refractivity contribution < 1.29 is 19.1 Å². The van der Waals surface area contributed by atoms with E-state index in [0.717, 1.165) is 10.8 Å². The highest BCUT2D eigenvalue weighted by molar-refractivity contribution is 7.80. The van der Waals surface area contributed by atoms with E-state index in [2.05, 4.69) is 16.2 Å². The molecule has 3 N–H and O–H groups in total. The van der Waals surface area contributed by atoms with Crippen LogP contribution in [-0.2, 0) is 9.59 Å². The molecule has 0 bridgehead atoms. The summed E-state index contributed by atoms with van der Waals surface area (Å²) in [5.41, 5.74) is 4.78. The molecule has 0 unspecified atom stereocenters. The third-order valence-electron chi connectivity index (χ3n) is 3.84. The summed E-state index contributed by atoms with van der Waals surface area (Å²) in [5, 5.41) is 4.98. The van der Waals surface area contributed by atoms with Crippen LogP contribution in [0.4, 0.5) is 0 Å². The summed E-state index contributed by atoms with van der Waals surface area (Å²) in [7, 11) is 0. The van der Waals surface area contributed by atoms with Gasteiger partial charge in [-0.05, 0) is 59.4 Å². The molecule has 0 aliphatic carbocycles. The van der Waals surface area contributed by atoms with Crippen molar-refractivity contribution in [3.8, 4) is 11.5 Å². The number of ether oxygens (including phenoxy) is 2. The van der Waals surface area contributed by atoms with E-state index in [1.807, 2.05) is 36.4 Å². The van der Waals surface area contributed by atoms with E-state index >= 15 is 0 Å². The number of carbonyl (C=O) groups excluding carboxylic acids is 2. The highest BCUT2D eigenvalue weighted by Crippen LogP contribution is 2.20. The quantitative estimate of drug-likeness (QED) is 0.401. The van der Waals surface area contributed by atoms with Crippen LogP contribution in [0.5, 0.6) is 11.5 Å². The minimum Gasteiger partial charge on any atom is -0.484 e. The fourth-order valence-electron chi connectivity index (χ4n) is 2.44. The van der Waals surface area contributed by atoms with Crippen molar-refractivity contribution in [3.63, 3.8) is 0 Å². The van der Waals surface area contributed by atoms with E-state index in [0.29, 0.717) is 16.5 Å². The van der Waals surface area contributed by atoms with Gasteiger partial charge >= 0.3 is 0 Å². The molecule has 0 radical (unpaired) electrons. The summed E-state index contributed by atoms with van der Waals surface area (Å²) in [4.78, 5) is 23.7. The molecule has 30 heavy (non-hydrogen) atoms. The number of amides is 2. The third kappa shape index (κ3) is 6.61. The Morgan fingerprint density at radius 2 is 1.43 bits per heavy atom. The minimum absolute atomic E-state index is 0.0706. The zero-order valence-electron chi connectivity index (χ0n) is 15.7. The zero-order chi connectivity index (χ0) is 21.3. The fraction of sp³-hybridized carbons (Fsp3) is 0.0952. The molecule has 154 valence electrons. The molecule has 3 aromatic carbocycles. The Morgan fingerprint density at radius 3 is 2.20 bits per heavy atom. The van der Waals surface area contributed by atoms with Gasteiger partial charge in [0.25, 0.3) is 11.8 Å². The number of hydrogen-bond acceptors (Lipinski definition) is 5. The Morgan fingerprint density at radius 1 is 0.800 bits per heavy atom. The fourth-order valence-corrected chi connectivity index (χ4v) is 2.73. The number of hydrogen-bond donors (Lipinski definition) is 3. The van der Waals surface area contributed by atoms with Crippen LogP contribution >= 0.6 is 23.8 Å². The lowest BCUT2D eigenvalue weighted by molar-refractivity contribution is -0.124. The lowest BCUT2D eigenvalue weighted by Crippen LogP contribution is -2.50. The van der Waals surface area contributed by atoms with Crippen LogP contribution in [0.25, 0.3) is 10.8 Å². The highest BCUT2D eigenvalue weighted by atomic mass is 35.5. The number of carbonyl (C=O) groups is 2. The Bertz CT molecular complexity index is 1060. The van der Waals surface area contributed by atoms with E-state index < -0.39 is 11.8 Å². The first-order chi connectivity index (χ1) is 14.5. The topological polar surface area (TPSA) is 88.7 Å². The maximum absolute atomic E-state index is 11.9. The van der Waals surface area contributed by atoms with Crippen LogP contribution in [0.3, 0.4) is 0 Å². The molecule has 0 fully saturated rings. The van der Waals surface area contributed by atoms with Gasteiger partial charge in [0.1, 0.15) is 11.5 Å². The van der Waals surface area contributed by atoms with Gasteiger partial charge in [-0.2, -0.15) is 0 Å². The van der Waals surface area contributed by atoms with Crippen molar-refractivity contribution in [3.05, 3.63) is 71.8 Å². The largest absolute Gasteiger partial charge is 0.484 e. The van der Waals surface area contributed by atoms with E-state index in [1.54, 1.807) is 30.3 Å². The molecular formula is C21H18ClN3O4S. The third-order valence-corrected chi connectivity index (χ3v) is 4.30. The smallest absolute Gasteiger partial charge is 0.276 e. The number of benzene rings is 3. The average molecular weight is 444 g/mol. The number of hydrazine groups is 1. The van der Waals surface area contributed by atoms with Gasteiger partial charge in [0.05, 0.1) is 0 Å².